The standard InChI is InChI=1S/C9H15NO2/c10-6-8(11)12-9-3-1-7(5-9)2-4-9/h7H,1-6,10H2. The Bertz CT molecular complexity index is 195. The minimum Gasteiger partial charge on any atom is -0.458 e. The van der Waals surface area contributed by atoms with Gasteiger partial charge in [0.25, 0.3) is 0 Å². The SMILES string of the molecule is NCC(=O)OC12CCC(CC1)C2. The highest BCUT2D eigenvalue weighted by molar-refractivity contribution is 5.71. The number of nitrogens with two attached hydrogens (primary N) is 1. The number of carbonyl (C=O) groups is 1. The molecule has 2 aliphatic carbocycles. The Balaban J connectivity index is 1.98. The predicted octanol–water partition coefficient (Wildman–Crippen LogP) is 0.821. The minimum atomic E-state index is -0.238. The lowest BCUT2D eigenvalue weighted by atomic mass is 9.97. The van der Waals surface area contributed by atoms with Crippen LogP contribution in [0.5, 0.6) is 0 Å². The number of fused-ring (bicyclic) bond motifs is 2. The molecule has 68 valence electrons. The first kappa shape index (κ1) is 8.05. The largest absolute Gasteiger partial charge is 0.458 e. The van der Waals surface area contributed by atoms with E-state index in [2.05, 4.69) is 0 Å². The molecule has 0 aromatic heterocycles. The fourth-order valence-corrected chi connectivity index (χ4v) is 2.56. The fraction of sp³-hybridized carbons (Fsp3) is 0.889. The molecule has 2 fully saturated rings. The van der Waals surface area contributed by atoms with Crippen molar-refractivity contribution in [2.75, 3.05) is 6.54 Å². The number of esters is 1. The van der Waals surface area contributed by atoms with Gasteiger partial charge in [-0.3, -0.25) is 4.79 Å². The summed E-state index contributed by atoms with van der Waals surface area (Å²) in [6, 6.07) is 0. The van der Waals surface area contributed by atoms with E-state index in [0.29, 0.717) is 0 Å². The van der Waals surface area contributed by atoms with Gasteiger partial charge in [0.15, 0.2) is 0 Å². The van der Waals surface area contributed by atoms with Gasteiger partial charge in [-0.05, 0) is 38.0 Å². The molecule has 0 spiro atoms. The van der Waals surface area contributed by atoms with Crippen molar-refractivity contribution >= 4 is 5.97 Å². The van der Waals surface area contributed by atoms with E-state index in [-0.39, 0.29) is 18.1 Å². The van der Waals surface area contributed by atoms with Crippen LogP contribution in [0, 0.1) is 5.92 Å². The van der Waals surface area contributed by atoms with Crippen LogP contribution in [0.2, 0.25) is 0 Å². The maximum Gasteiger partial charge on any atom is 0.320 e. The van der Waals surface area contributed by atoms with Crippen molar-refractivity contribution in [1.82, 2.24) is 0 Å². The molecule has 2 N–H and O–H groups in total. The molecule has 0 aromatic rings. The smallest absolute Gasteiger partial charge is 0.320 e. The first-order valence-electron chi connectivity index (χ1n) is 4.66. The topological polar surface area (TPSA) is 52.3 Å². The summed E-state index contributed by atoms with van der Waals surface area (Å²) in [5.74, 6) is 0.577. The lowest BCUT2D eigenvalue weighted by molar-refractivity contribution is -0.156. The molecule has 3 nitrogen and oxygen atoms in total. The van der Waals surface area contributed by atoms with Crippen LogP contribution >= 0.6 is 0 Å². The molecule has 2 saturated carbocycles. The summed E-state index contributed by atoms with van der Waals surface area (Å²) < 4.78 is 5.38. The van der Waals surface area contributed by atoms with Crippen LogP contribution in [0.1, 0.15) is 32.1 Å². The van der Waals surface area contributed by atoms with E-state index in [1.807, 2.05) is 0 Å². The Hall–Kier alpha value is -0.570. The van der Waals surface area contributed by atoms with E-state index in [1.54, 1.807) is 0 Å². The Morgan fingerprint density at radius 1 is 1.50 bits per heavy atom. The van der Waals surface area contributed by atoms with Crippen molar-refractivity contribution in [2.45, 2.75) is 37.7 Å². The molecule has 2 aliphatic rings. The monoisotopic (exact) mass is 169 g/mol. The van der Waals surface area contributed by atoms with Crippen molar-refractivity contribution in [3.8, 4) is 0 Å². The molecular weight excluding hydrogens is 154 g/mol. The van der Waals surface area contributed by atoms with Crippen LogP contribution in [-0.4, -0.2) is 18.1 Å². The Morgan fingerprint density at radius 2 is 2.17 bits per heavy atom. The van der Waals surface area contributed by atoms with Crippen LogP contribution in [0.15, 0.2) is 0 Å². The van der Waals surface area contributed by atoms with Gasteiger partial charge >= 0.3 is 5.97 Å². The molecule has 0 radical (unpaired) electrons. The number of carbonyl (C=O) groups excluding carboxylic acids is 1. The average molecular weight is 169 g/mol. The highest BCUT2D eigenvalue weighted by atomic mass is 16.6. The third-order valence-electron chi connectivity index (χ3n) is 3.17. The van der Waals surface area contributed by atoms with Crippen LogP contribution in [0.3, 0.4) is 0 Å². The molecule has 0 saturated heterocycles. The normalized spacial score (nSPS) is 38.6. The molecule has 0 unspecified atom stereocenters. The summed E-state index contributed by atoms with van der Waals surface area (Å²) in [6.07, 6.45) is 5.67. The van der Waals surface area contributed by atoms with E-state index in [0.717, 1.165) is 25.2 Å². The summed E-state index contributed by atoms with van der Waals surface area (Å²) in [5, 5.41) is 0. The van der Waals surface area contributed by atoms with E-state index in [4.69, 9.17) is 10.5 Å². The van der Waals surface area contributed by atoms with Crippen molar-refractivity contribution in [3.05, 3.63) is 0 Å². The van der Waals surface area contributed by atoms with Gasteiger partial charge in [0.2, 0.25) is 0 Å². The van der Waals surface area contributed by atoms with Gasteiger partial charge in [0, 0.05) is 0 Å². The van der Waals surface area contributed by atoms with E-state index in [1.165, 1.54) is 12.8 Å². The second-order valence-electron chi connectivity index (χ2n) is 4.01. The molecule has 0 aromatic carbocycles. The summed E-state index contributed by atoms with van der Waals surface area (Å²) in [5.41, 5.74) is 5.11. The molecule has 2 bridgehead atoms. The third kappa shape index (κ3) is 1.22. The number of ether oxygens (including phenoxy) is 1. The quantitative estimate of drug-likeness (QED) is 0.623. The summed E-state index contributed by atoms with van der Waals surface area (Å²) in [4.78, 5) is 11.0. The highest BCUT2D eigenvalue weighted by Gasteiger charge is 2.47. The second kappa shape index (κ2) is 2.73. The molecule has 0 atom stereocenters. The number of rotatable bonds is 2. The van der Waals surface area contributed by atoms with E-state index in [9.17, 15) is 4.79 Å². The first-order chi connectivity index (χ1) is 5.74. The van der Waals surface area contributed by atoms with Gasteiger partial charge in [-0.25, -0.2) is 0 Å². The van der Waals surface area contributed by atoms with E-state index < -0.39 is 0 Å². The Labute approximate surface area is 72.3 Å². The molecule has 12 heavy (non-hydrogen) atoms. The Morgan fingerprint density at radius 3 is 2.58 bits per heavy atom. The molecule has 0 amide bonds. The van der Waals surface area contributed by atoms with Gasteiger partial charge in [0.05, 0.1) is 6.54 Å². The molecule has 0 aliphatic heterocycles. The Kier molecular flexibility index (Phi) is 1.83. The van der Waals surface area contributed by atoms with Crippen LogP contribution in [0.25, 0.3) is 0 Å². The second-order valence-corrected chi connectivity index (χ2v) is 4.01. The van der Waals surface area contributed by atoms with Crippen molar-refractivity contribution in [1.29, 1.82) is 0 Å². The minimum absolute atomic E-state index is 0.0203. The molecule has 2 rings (SSSR count). The molecule has 0 heterocycles. The van der Waals surface area contributed by atoms with E-state index >= 15 is 0 Å². The fourth-order valence-electron chi connectivity index (χ4n) is 2.56. The summed E-state index contributed by atoms with van der Waals surface area (Å²) >= 11 is 0. The molecular formula is C9H15NO2. The van der Waals surface area contributed by atoms with Crippen molar-refractivity contribution in [3.63, 3.8) is 0 Å². The maximum atomic E-state index is 11.0. The van der Waals surface area contributed by atoms with Gasteiger partial charge in [-0.2, -0.15) is 0 Å². The lowest BCUT2D eigenvalue weighted by Crippen LogP contribution is -2.33. The van der Waals surface area contributed by atoms with Gasteiger partial charge in [0.1, 0.15) is 5.60 Å². The lowest BCUT2D eigenvalue weighted by Gasteiger charge is -2.26. The number of hydrogen-bond donors (Lipinski definition) is 1. The van der Waals surface area contributed by atoms with Crippen LogP contribution in [-0.2, 0) is 9.53 Å². The van der Waals surface area contributed by atoms with Gasteiger partial charge in [-0.1, -0.05) is 0 Å². The zero-order valence-corrected chi connectivity index (χ0v) is 7.21. The first-order valence-corrected chi connectivity index (χ1v) is 4.66. The maximum absolute atomic E-state index is 11.0. The summed E-state index contributed by atoms with van der Waals surface area (Å²) in [7, 11) is 0. The average Bonchev–Trinajstić information content (AvgIpc) is 2.63. The van der Waals surface area contributed by atoms with Crippen molar-refractivity contribution < 1.29 is 9.53 Å². The zero-order chi connectivity index (χ0) is 8.60. The van der Waals surface area contributed by atoms with Gasteiger partial charge in [-0.15, -0.1) is 0 Å². The summed E-state index contributed by atoms with van der Waals surface area (Å²) in [6.45, 7) is 0.0203. The van der Waals surface area contributed by atoms with Crippen LogP contribution in [0.4, 0.5) is 0 Å². The van der Waals surface area contributed by atoms with Crippen molar-refractivity contribution in [2.24, 2.45) is 11.7 Å². The zero-order valence-electron chi connectivity index (χ0n) is 7.21. The van der Waals surface area contributed by atoms with Crippen LogP contribution < -0.4 is 5.73 Å². The third-order valence-corrected chi connectivity index (χ3v) is 3.17. The highest BCUT2D eigenvalue weighted by Crippen LogP contribution is 2.49. The van der Waals surface area contributed by atoms with Gasteiger partial charge < -0.3 is 10.5 Å². The number of hydrogen-bond acceptors (Lipinski definition) is 3. The molecule has 3 heteroatoms. The predicted molar refractivity (Wildman–Crippen MR) is 44.5 cm³/mol.